The SMILES string of the molecule is C=CC(C)(CCCc1cccc(Cc2ccccc2)c1)c1ccc(F)cc1. The van der Waals surface area contributed by atoms with Crippen molar-refractivity contribution in [2.24, 2.45) is 0 Å². The summed E-state index contributed by atoms with van der Waals surface area (Å²) in [5, 5.41) is 0. The molecule has 0 nitrogen and oxygen atoms in total. The zero-order valence-electron chi connectivity index (χ0n) is 16.0. The first-order valence-electron chi connectivity index (χ1n) is 9.60. The first kappa shape index (κ1) is 19.1. The minimum Gasteiger partial charge on any atom is -0.207 e. The Morgan fingerprint density at radius 1 is 0.852 bits per heavy atom. The molecule has 0 saturated carbocycles. The quantitative estimate of drug-likeness (QED) is 0.385. The number of aryl methyl sites for hydroxylation is 1. The molecule has 1 atom stereocenters. The Bertz CT molecular complexity index is 864. The first-order chi connectivity index (χ1) is 13.1. The van der Waals surface area contributed by atoms with Gasteiger partial charge in [-0.25, -0.2) is 4.39 Å². The summed E-state index contributed by atoms with van der Waals surface area (Å²) in [6, 6.07) is 26.3. The molecule has 0 aliphatic carbocycles. The normalized spacial score (nSPS) is 13.1. The summed E-state index contributed by atoms with van der Waals surface area (Å²) < 4.78 is 13.2. The van der Waals surface area contributed by atoms with Crippen LogP contribution in [0.2, 0.25) is 0 Å². The molecule has 0 fully saturated rings. The molecule has 1 unspecified atom stereocenters. The van der Waals surface area contributed by atoms with Gasteiger partial charge in [0.2, 0.25) is 0 Å². The summed E-state index contributed by atoms with van der Waals surface area (Å²) in [6.07, 6.45) is 6.05. The standard InChI is InChI=1S/C26H27F/c1-3-26(2,24-14-16-25(27)17-15-24)18-8-13-22-11-7-12-23(20-22)19-21-9-5-4-6-10-21/h3-7,9-12,14-17,20H,1,8,13,18-19H2,2H3. The van der Waals surface area contributed by atoms with Crippen LogP contribution in [0.15, 0.2) is 91.5 Å². The second-order valence-corrected chi connectivity index (χ2v) is 7.46. The van der Waals surface area contributed by atoms with Crippen molar-refractivity contribution in [3.8, 4) is 0 Å². The molecule has 0 N–H and O–H groups in total. The summed E-state index contributed by atoms with van der Waals surface area (Å²) >= 11 is 0. The molecule has 138 valence electrons. The van der Waals surface area contributed by atoms with Gasteiger partial charge in [-0.3, -0.25) is 0 Å². The molecule has 3 aromatic carbocycles. The van der Waals surface area contributed by atoms with Gasteiger partial charge in [-0.05, 0) is 60.1 Å². The first-order valence-corrected chi connectivity index (χ1v) is 9.60. The Labute approximate surface area is 162 Å². The van der Waals surface area contributed by atoms with Gasteiger partial charge in [0, 0.05) is 5.41 Å². The predicted octanol–water partition coefficient (Wildman–Crippen LogP) is 6.88. The van der Waals surface area contributed by atoms with Gasteiger partial charge in [0.15, 0.2) is 0 Å². The van der Waals surface area contributed by atoms with E-state index < -0.39 is 0 Å². The lowest BCUT2D eigenvalue weighted by molar-refractivity contribution is 0.514. The average molecular weight is 359 g/mol. The highest BCUT2D eigenvalue weighted by Gasteiger charge is 2.22. The molecule has 0 aliphatic rings. The molecule has 0 aromatic heterocycles. The molecule has 27 heavy (non-hydrogen) atoms. The van der Waals surface area contributed by atoms with Crippen molar-refractivity contribution < 1.29 is 4.39 Å². The molecule has 0 radical (unpaired) electrons. The third-order valence-electron chi connectivity index (χ3n) is 5.36. The maximum Gasteiger partial charge on any atom is 0.123 e. The van der Waals surface area contributed by atoms with Gasteiger partial charge >= 0.3 is 0 Å². The molecular formula is C26H27F. The molecule has 0 amide bonds. The van der Waals surface area contributed by atoms with Crippen LogP contribution in [0.4, 0.5) is 4.39 Å². The second-order valence-electron chi connectivity index (χ2n) is 7.46. The molecule has 0 heterocycles. The van der Waals surface area contributed by atoms with Crippen LogP contribution in [-0.4, -0.2) is 0 Å². The van der Waals surface area contributed by atoms with E-state index in [9.17, 15) is 4.39 Å². The van der Waals surface area contributed by atoms with Crippen LogP contribution in [0.1, 0.15) is 42.0 Å². The van der Waals surface area contributed by atoms with Gasteiger partial charge in [0.25, 0.3) is 0 Å². The molecule has 3 aromatic rings. The van der Waals surface area contributed by atoms with Crippen molar-refractivity contribution in [2.75, 3.05) is 0 Å². The monoisotopic (exact) mass is 358 g/mol. The van der Waals surface area contributed by atoms with E-state index in [1.54, 1.807) is 0 Å². The number of hydrogen-bond donors (Lipinski definition) is 0. The minimum atomic E-state index is -0.194. The Morgan fingerprint density at radius 2 is 1.52 bits per heavy atom. The van der Waals surface area contributed by atoms with Gasteiger partial charge in [0.05, 0.1) is 0 Å². The number of allylic oxidation sites excluding steroid dienone is 1. The molecule has 3 rings (SSSR count). The third-order valence-corrected chi connectivity index (χ3v) is 5.36. The zero-order chi connectivity index (χ0) is 19.1. The number of benzene rings is 3. The van der Waals surface area contributed by atoms with Gasteiger partial charge in [-0.2, -0.15) is 0 Å². The van der Waals surface area contributed by atoms with E-state index in [4.69, 9.17) is 0 Å². The highest BCUT2D eigenvalue weighted by atomic mass is 19.1. The Hall–Kier alpha value is -2.67. The van der Waals surface area contributed by atoms with Crippen LogP contribution in [0.5, 0.6) is 0 Å². The smallest absolute Gasteiger partial charge is 0.123 e. The summed E-state index contributed by atoms with van der Waals surface area (Å²) in [5.41, 5.74) is 5.05. The molecular weight excluding hydrogens is 331 g/mol. The summed E-state index contributed by atoms with van der Waals surface area (Å²) in [6.45, 7) is 6.20. The minimum absolute atomic E-state index is 0.130. The van der Waals surface area contributed by atoms with E-state index >= 15 is 0 Å². The average Bonchev–Trinajstić information content (AvgIpc) is 2.69. The Kier molecular flexibility index (Phi) is 6.24. The van der Waals surface area contributed by atoms with Gasteiger partial charge in [-0.15, -0.1) is 6.58 Å². The van der Waals surface area contributed by atoms with E-state index in [-0.39, 0.29) is 11.2 Å². The van der Waals surface area contributed by atoms with E-state index in [2.05, 4.69) is 68.1 Å². The number of rotatable bonds is 8. The number of hydrogen-bond acceptors (Lipinski definition) is 0. The Morgan fingerprint density at radius 3 is 2.22 bits per heavy atom. The van der Waals surface area contributed by atoms with E-state index in [0.29, 0.717) is 0 Å². The summed E-state index contributed by atoms with van der Waals surface area (Å²) in [4.78, 5) is 0. The fourth-order valence-corrected chi connectivity index (χ4v) is 3.58. The summed E-state index contributed by atoms with van der Waals surface area (Å²) in [5.74, 6) is -0.194. The zero-order valence-corrected chi connectivity index (χ0v) is 16.0. The van der Waals surface area contributed by atoms with E-state index in [1.165, 1.54) is 28.8 Å². The largest absolute Gasteiger partial charge is 0.207 e. The van der Waals surface area contributed by atoms with Crippen molar-refractivity contribution in [3.05, 3.63) is 120 Å². The second kappa shape index (κ2) is 8.81. The predicted molar refractivity (Wildman–Crippen MR) is 113 cm³/mol. The van der Waals surface area contributed by atoms with Crippen molar-refractivity contribution in [1.82, 2.24) is 0 Å². The number of halogens is 1. The summed E-state index contributed by atoms with van der Waals surface area (Å²) in [7, 11) is 0. The van der Waals surface area contributed by atoms with E-state index in [0.717, 1.165) is 31.2 Å². The highest BCUT2D eigenvalue weighted by molar-refractivity contribution is 5.31. The van der Waals surface area contributed by atoms with Gasteiger partial charge in [-0.1, -0.05) is 79.7 Å². The molecule has 1 heteroatoms. The van der Waals surface area contributed by atoms with Crippen molar-refractivity contribution in [3.63, 3.8) is 0 Å². The Balaban J connectivity index is 1.61. The van der Waals surface area contributed by atoms with Crippen molar-refractivity contribution >= 4 is 0 Å². The fourth-order valence-electron chi connectivity index (χ4n) is 3.58. The molecule has 0 aliphatic heterocycles. The highest BCUT2D eigenvalue weighted by Crippen LogP contribution is 2.31. The van der Waals surface area contributed by atoms with Crippen LogP contribution in [0.3, 0.4) is 0 Å². The molecule has 0 saturated heterocycles. The topological polar surface area (TPSA) is 0 Å². The van der Waals surface area contributed by atoms with Crippen LogP contribution >= 0.6 is 0 Å². The molecule has 0 bridgehead atoms. The lowest BCUT2D eigenvalue weighted by atomic mass is 9.78. The maximum absolute atomic E-state index is 13.2. The van der Waals surface area contributed by atoms with Crippen LogP contribution in [0.25, 0.3) is 0 Å². The lowest BCUT2D eigenvalue weighted by Gasteiger charge is -2.26. The van der Waals surface area contributed by atoms with Crippen molar-refractivity contribution in [2.45, 2.75) is 38.0 Å². The lowest BCUT2D eigenvalue weighted by Crippen LogP contribution is -2.18. The molecule has 0 spiro atoms. The third kappa shape index (κ3) is 5.17. The van der Waals surface area contributed by atoms with Crippen molar-refractivity contribution in [1.29, 1.82) is 0 Å². The van der Waals surface area contributed by atoms with Crippen LogP contribution < -0.4 is 0 Å². The van der Waals surface area contributed by atoms with Crippen LogP contribution in [-0.2, 0) is 18.3 Å². The van der Waals surface area contributed by atoms with Gasteiger partial charge in [0.1, 0.15) is 5.82 Å². The maximum atomic E-state index is 13.2. The van der Waals surface area contributed by atoms with Gasteiger partial charge < -0.3 is 0 Å². The van der Waals surface area contributed by atoms with E-state index in [1.807, 2.05) is 18.2 Å². The van der Waals surface area contributed by atoms with Crippen LogP contribution in [0, 0.1) is 5.82 Å². The fraction of sp³-hybridized carbons (Fsp3) is 0.231.